The lowest BCUT2D eigenvalue weighted by atomic mass is 10.1. The topological polar surface area (TPSA) is 46.5 Å². The summed E-state index contributed by atoms with van der Waals surface area (Å²) in [7, 11) is 0. The molecule has 0 saturated heterocycles. The normalized spacial score (nSPS) is 13.5. The Morgan fingerprint density at radius 2 is 2.06 bits per heavy atom. The van der Waals surface area contributed by atoms with Gasteiger partial charge in [-0.3, -0.25) is 0 Å². The van der Waals surface area contributed by atoms with Crippen LogP contribution in [0.4, 0.5) is 0 Å². The summed E-state index contributed by atoms with van der Waals surface area (Å²) in [5, 5.41) is 9.08. The van der Waals surface area contributed by atoms with E-state index in [4.69, 9.17) is 9.84 Å². The molecule has 0 aliphatic carbocycles. The molecule has 0 saturated carbocycles. The molecule has 1 rings (SSSR count). The van der Waals surface area contributed by atoms with Gasteiger partial charge in [0.1, 0.15) is 0 Å². The number of rotatable bonds is 5. The summed E-state index contributed by atoms with van der Waals surface area (Å²) in [4.78, 5) is 11.1. The van der Waals surface area contributed by atoms with Crippen LogP contribution in [0.3, 0.4) is 0 Å². The molecule has 0 spiro atoms. The Bertz CT molecular complexity index is 368. The molecule has 3 heteroatoms. The van der Waals surface area contributed by atoms with Gasteiger partial charge in [-0.2, -0.15) is 0 Å². The van der Waals surface area contributed by atoms with Crippen molar-refractivity contribution >= 4 is 12.0 Å². The quantitative estimate of drug-likeness (QED) is 0.776. The first-order valence-electron chi connectivity index (χ1n) is 5.26. The van der Waals surface area contributed by atoms with Crippen molar-refractivity contribution in [1.82, 2.24) is 0 Å². The number of carboxylic acid groups (broad SMARTS) is 1. The van der Waals surface area contributed by atoms with Crippen LogP contribution in [0.25, 0.3) is 6.08 Å². The molecule has 0 radical (unpaired) electrons. The summed E-state index contributed by atoms with van der Waals surface area (Å²) in [5.74, 6) is -0.940. The molecule has 1 N–H and O–H groups in total. The highest BCUT2D eigenvalue weighted by Gasteiger charge is 2.15. The summed E-state index contributed by atoms with van der Waals surface area (Å²) >= 11 is 0. The van der Waals surface area contributed by atoms with Crippen molar-refractivity contribution in [3.63, 3.8) is 0 Å². The zero-order valence-corrected chi connectivity index (χ0v) is 9.51. The molecule has 1 atom stereocenters. The summed E-state index contributed by atoms with van der Waals surface area (Å²) in [6.45, 7) is 4.09. The van der Waals surface area contributed by atoms with Gasteiger partial charge in [-0.25, -0.2) is 4.79 Å². The number of hydrogen-bond donors (Lipinski definition) is 1. The van der Waals surface area contributed by atoms with Crippen LogP contribution in [0.5, 0.6) is 0 Å². The molecule has 86 valence electrons. The van der Waals surface area contributed by atoms with E-state index >= 15 is 0 Å². The van der Waals surface area contributed by atoms with Gasteiger partial charge in [0.05, 0.1) is 11.7 Å². The van der Waals surface area contributed by atoms with E-state index in [9.17, 15) is 4.79 Å². The maximum Gasteiger partial charge on any atom is 0.334 e. The molecule has 0 aromatic heterocycles. The Morgan fingerprint density at radius 3 is 2.56 bits per heavy atom. The van der Waals surface area contributed by atoms with Crippen LogP contribution in [-0.2, 0) is 9.53 Å². The summed E-state index contributed by atoms with van der Waals surface area (Å²) in [6.07, 6.45) is 1.24. The van der Waals surface area contributed by atoms with Crippen LogP contribution in [0.15, 0.2) is 35.9 Å². The fraction of sp³-hybridized carbons (Fsp3) is 0.308. The third-order valence-corrected chi connectivity index (χ3v) is 2.22. The minimum absolute atomic E-state index is 0.271. The third-order valence-electron chi connectivity index (χ3n) is 2.22. The average Bonchev–Trinajstić information content (AvgIpc) is 2.27. The van der Waals surface area contributed by atoms with Crippen molar-refractivity contribution in [2.75, 3.05) is 6.61 Å². The lowest BCUT2D eigenvalue weighted by Gasteiger charge is -2.12. The Morgan fingerprint density at radius 1 is 1.44 bits per heavy atom. The second-order valence-electron chi connectivity index (χ2n) is 3.41. The van der Waals surface area contributed by atoms with Gasteiger partial charge in [0.25, 0.3) is 0 Å². The van der Waals surface area contributed by atoms with Gasteiger partial charge >= 0.3 is 5.97 Å². The van der Waals surface area contributed by atoms with Crippen LogP contribution in [-0.4, -0.2) is 23.8 Å². The number of ether oxygens (including phenoxy) is 1. The highest BCUT2D eigenvalue weighted by molar-refractivity contribution is 5.93. The van der Waals surface area contributed by atoms with Crippen molar-refractivity contribution in [2.45, 2.75) is 20.0 Å². The smallest absolute Gasteiger partial charge is 0.334 e. The predicted molar refractivity (Wildman–Crippen MR) is 63.1 cm³/mol. The van der Waals surface area contributed by atoms with Gasteiger partial charge in [0.15, 0.2) is 0 Å². The minimum atomic E-state index is -0.940. The van der Waals surface area contributed by atoms with E-state index in [-0.39, 0.29) is 5.57 Å². The van der Waals surface area contributed by atoms with Crippen LogP contribution in [0.1, 0.15) is 19.4 Å². The van der Waals surface area contributed by atoms with E-state index in [2.05, 4.69) is 0 Å². The van der Waals surface area contributed by atoms with Gasteiger partial charge in [-0.1, -0.05) is 30.3 Å². The highest BCUT2D eigenvalue weighted by Crippen LogP contribution is 2.12. The van der Waals surface area contributed by atoms with Gasteiger partial charge < -0.3 is 9.84 Å². The minimum Gasteiger partial charge on any atom is -0.478 e. The lowest BCUT2D eigenvalue weighted by Crippen LogP contribution is -2.18. The Kier molecular flexibility index (Phi) is 4.73. The highest BCUT2D eigenvalue weighted by atomic mass is 16.5. The fourth-order valence-electron chi connectivity index (χ4n) is 1.42. The van der Waals surface area contributed by atoms with Gasteiger partial charge in [0, 0.05) is 6.61 Å². The zero-order valence-electron chi connectivity index (χ0n) is 9.51. The first-order chi connectivity index (χ1) is 7.65. The standard InChI is InChI=1S/C13H16O3/c1-3-16-10(2)12(13(14)15)9-11-7-5-4-6-8-11/h4-10H,3H2,1-2H3,(H,14,15). The lowest BCUT2D eigenvalue weighted by molar-refractivity contribution is -0.133. The number of benzene rings is 1. The SMILES string of the molecule is CCOC(C)C(=Cc1ccccc1)C(=O)O. The van der Waals surface area contributed by atoms with E-state index in [1.54, 1.807) is 13.0 Å². The molecule has 0 aliphatic heterocycles. The Labute approximate surface area is 95.4 Å². The molecule has 0 fully saturated rings. The summed E-state index contributed by atoms with van der Waals surface area (Å²) in [5.41, 5.74) is 1.14. The van der Waals surface area contributed by atoms with Crippen molar-refractivity contribution in [1.29, 1.82) is 0 Å². The van der Waals surface area contributed by atoms with Crippen LogP contribution in [0, 0.1) is 0 Å². The monoisotopic (exact) mass is 220 g/mol. The van der Waals surface area contributed by atoms with Crippen molar-refractivity contribution < 1.29 is 14.6 Å². The van der Waals surface area contributed by atoms with E-state index < -0.39 is 12.1 Å². The van der Waals surface area contributed by atoms with Gasteiger partial charge in [-0.15, -0.1) is 0 Å². The first kappa shape index (κ1) is 12.5. The molecular weight excluding hydrogens is 204 g/mol. The first-order valence-corrected chi connectivity index (χ1v) is 5.26. The molecule has 1 unspecified atom stereocenters. The van der Waals surface area contributed by atoms with Crippen molar-refractivity contribution in [3.05, 3.63) is 41.5 Å². The molecule has 3 nitrogen and oxygen atoms in total. The van der Waals surface area contributed by atoms with Crippen molar-refractivity contribution in [2.24, 2.45) is 0 Å². The zero-order chi connectivity index (χ0) is 12.0. The van der Waals surface area contributed by atoms with Crippen molar-refractivity contribution in [3.8, 4) is 0 Å². The molecule has 0 amide bonds. The van der Waals surface area contributed by atoms with Crippen LogP contribution < -0.4 is 0 Å². The molecule has 1 aromatic carbocycles. The maximum atomic E-state index is 11.1. The van der Waals surface area contributed by atoms with E-state index in [1.165, 1.54) is 0 Å². The molecular formula is C13H16O3. The second-order valence-corrected chi connectivity index (χ2v) is 3.41. The van der Waals surface area contributed by atoms with Gasteiger partial charge in [0.2, 0.25) is 0 Å². The summed E-state index contributed by atoms with van der Waals surface area (Å²) in [6, 6.07) is 9.36. The number of aliphatic carboxylic acids is 1. The predicted octanol–water partition coefficient (Wildman–Crippen LogP) is 2.58. The van der Waals surface area contributed by atoms with E-state index in [0.29, 0.717) is 6.61 Å². The van der Waals surface area contributed by atoms with E-state index in [0.717, 1.165) is 5.56 Å². The molecule has 16 heavy (non-hydrogen) atoms. The Hall–Kier alpha value is -1.61. The molecule has 0 bridgehead atoms. The average molecular weight is 220 g/mol. The number of carboxylic acids is 1. The number of hydrogen-bond acceptors (Lipinski definition) is 2. The van der Waals surface area contributed by atoms with Crippen LogP contribution >= 0.6 is 0 Å². The fourth-order valence-corrected chi connectivity index (χ4v) is 1.42. The number of carbonyl (C=O) groups is 1. The Balaban J connectivity index is 2.94. The van der Waals surface area contributed by atoms with Crippen LogP contribution in [0.2, 0.25) is 0 Å². The third kappa shape index (κ3) is 3.51. The van der Waals surface area contributed by atoms with E-state index in [1.807, 2.05) is 37.3 Å². The summed E-state index contributed by atoms with van der Waals surface area (Å²) < 4.78 is 5.29. The molecule has 0 aliphatic rings. The largest absolute Gasteiger partial charge is 0.478 e. The molecule has 1 aromatic rings. The van der Waals surface area contributed by atoms with Gasteiger partial charge in [-0.05, 0) is 25.5 Å². The second kappa shape index (κ2) is 6.08. The molecule has 0 heterocycles. The maximum absolute atomic E-state index is 11.1.